The highest BCUT2D eigenvalue weighted by molar-refractivity contribution is 5.90. The van der Waals surface area contributed by atoms with E-state index in [2.05, 4.69) is 31.4 Å². The minimum absolute atomic E-state index is 0.00181. The van der Waals surface area contributed by atoms with Crippen LogP contribution in [0.25, 0.3) is 0 Å². The molecule has 3 aliphatic rings. The van der Waals surface area contributed by atoms with Gasteiger partial charge in [0.25, 0.3) is 5.91 Å². The zero-order valence-corrected chi connectivity index (χ0v) is 41.2. The third kappa shape index (κ3) is 20.2. The van der Waals surface area contributed by atoms with E-state index < -0.39 is 0 Å². The first kappa shape index (κ1) is 57.8. The number of likely N-dealkylation sites (tertiary alicyclic amines) is 1. The number of hydrogen-bond donors (Lipinski definition) is 2. The van der Waals surface area contributed by atoms with Crippen molar-refractivity contribution in [1.82, 2.24) is 20.6 Å². The Balaban J connectivity index is 0.000000851. The summed E-state index contributed by atoms with van der Waals surface area (Å²) < 4.78 is 11.3. The van der Waals surface area contributed by atoms with Gasteiger partial charge >= 0.3 is 0 Å². The number of Topliss-reactive ketones (excluding diaryl/α,β-unsaturated/α-hetero) is 2. The maximum atomic E-state index is 13.0. The first-order valence-corrected chi connectivity index (χ1v) is 23.1. The molecule has 3 fully saturated rings. The van der Waals surface area contributed by atoms with E-state index in [1.54, 1.807) is 33.3 Å². The van der Waals surface area contributed by atoms with Crippen LogP contribution in [0.5, 0.6) is 0 Å². The van der Waals surface area contributed by atoms with E-state index in [-0.39, 0.29) is 82.8 Å². The van der Waals surface area contributed by atoms with Gasteiger partial charge in [0.15, 0.2) is 5.78 Å². The van der Waals surface area contributed by atoms with E-state index >= 15 is 0 Å². The fourth-order valence-electron chi connectivity index (χ4n) is 7.47. The van der Waals surface area contributed by atoms with Crippen LogP contribution in [-0.2, 0) is 38.3 Å². The highest BCUT2D eigenvalue weighted by Gasteiger charge is 2.48. The largest absolute Gasteiger partial charge is 0.381 e. The second kappa shape index (κ2) is 30.8. The molecule has 3 amide bonds. The van der Waals surface area contributed by atoms with Gasteiger partial charge in [0.05, 0.1) is 43.4 Å². The SMILES string of the molecule is CC.CC1(C(=O)N2CCCCO2)CC1.CCC(C)[C@H](C)C(CC(=O)N1CCCC1C(OC)C(C)C(C)=O)OC.CNC(C(=O)N[C@H](C(C)=O)C(C)C)C(C)C.c1ccccc1. The number of benzene rings is 1. The fourth-order valence-corrected chi connectivity index (χ4v) is 7.47. The molecule has 2 saturated heterocycles. The number of carbonyl (C=O) groups excluding carboxylic acids is 5. The summed E-state index contributed by atoms with van der Waals surface area (Å²) in [4.78, 5) is 66.9. The topological polar surface area (TPSA) is 144 Å². The number of ether oxygens (including phenoxy) is 2. The smallest absolute Gasteiger partial charge is 0.252 e. The Morgan fingerprint density at radius 1 is 0.787 bits per heavy atom. The Labute approximate surface area is 371 Å². The maximum Gasteiger partial charge on any atom is 0.252 e. The van der Waals surface area contributed by atoms with Crippen LogP contribution >= 0.6 is 0 Å². The molecular formula is C49H88N4O8. The van der Waals surface area contributed by atoms with E-state index in [9.17, 15) is 24.0 Å². The van der Waals surface area contributed by atoms with E-state index in [0.717, 1.165) is 58.0 Å². The van der Waals surface area contributed by atoms with Gasteiger partial charge in [-0.15, -0.1) is 0 Å². The van der Waals surface area contributed by atoms with Crippen molar-refractivity contribution in [2.24, 2.45) is 35.0 Å². The van der Waals surface area contributed by atoms with Crippen molar-refractivity contribution >= 4 is 29.3 Å². The molecule has 8 atom stereocenters. The second-order valence-electron chi connectivity index (χ2n) is 17.6. The minimum Gasteiger partial charge on any atom is -0.381 e. The minimum atomic E-state index is -0.387. The molecule has 1 aromatic rings. The normalized spacial score (nSPS) is 19.9. The molecule has 6 unspecified atom stereocenters. The number of nitrogens with one attached hydrogen (secondary N) is 2. The summed E-state index contributed by atoms with van der Waals surface area (Å²) in [6.45, 7) is 27.6. The van der Waals surface area contributed by atoms with Crippen molar-refractivity contribution in [3.63, 3.8) is 0 Å². The molecule has 0 spiro atoms. The molecule has 0 radical (unpaired) electrons. The number of ketones is 2. The number of carbonyl (C=O) groups is 5. The maximum absolute atomic E-state index is 13.0. The van der Waals surface area contributed by atoms with Crippen LogP contribution in [0.3, 0.4) is 0 Å². The van der Waals surface area contributed by atoms with E-state index in [1.165, 1.54) is 6.92 Å². The average Bonchev–Trinajstić information content (AvgIpc) is 3.83. The molecule has 12 heteroatoms. The third-order valence-electron chi connectivity index (χ3n) is 12.3. The predicted octanol–water partition coefficient (Wildman–Crippen LogP) is 8.32. The molecule has 1 aliphatic carbocycles. The fraction of sp³-hybridized carbons (Fsp3) is 0.776. The zero-order chi connectivity index (χ0) is 46.9. The first-order chi connectivity index (χ1) is 28.8. The monoisotopic (exact) mass is 861 g/mol. The second-order valence-corrected chi connectivity index (χ2v) is 17.6. The van der Waals surface area contributed by atoms with E-state index in [4.69, 9.17) is 14.3 Å². The van der Waals surface area contributed by atoms with Crippen LogP contribution in [0.2, 0.25) is 0 Å². The van der Waals surface area contributed by atoms with Crippen molar-refractivity contribution in [1.29, 1.82) is 0 Å². The van der Waals surface area contributed by atoms with Crippen LogP contribution in [0, 0.1) is 35.0 Å². The lowest BCUT2D eigenvalue weighted by atomic mass is 9.87. The van der Waals surface area contributed by atoms with E-state index in [1.807, 2.05) is 96.7 Å². The molecule has 2 N–H and O–H groups in total. The lowest BCUT2D eigenvalue weighted by molar-refractivity contribution is -0.202. The van der Waals surface area contributed by atoms with Crippen LogP contribution in [0.4, 0.5) is 0 Å². The Hall–Kier alpha value is -3.19. The summed E-state index contributed by atoms with van der Waals surface area (Å²) in [6.07, 6.45) is 7.23. The Morgan fingerprint density at radius 3 is 1.70 bits per heavy atom. The number of methoxy groups -OCH3 is 2. The first-order valence-electron chi connectivity index (χ1n) is 23.1. The van der Waals surface area contributed by atoms with Gasteiger partial charge in [0.2, 0.25) is 11.8 Å². The lowest BCUT2D eigenvalue weighted by Gasteiger charge is -2.35. The molecule has 1 aromatic carbocycles. The zero-order valence-electron chi connectivity index (χ0n) is 41.2. The van der Waals surface area contributed by atoms with Crippen molar-refractivity contribution in [2.75, 3.05) is 41.0 Å². The molecule has 2 aliphatic heterocycles. The molecule has 0 aromatic heterocycles. The summed E-state index contributed by atoms with van der Waals surface area (Å²) in [7, 11) is 5.07. The number of hydroxylamine groups is 2. The average molecular weight is 861 g/mol. The summed E-state index contributed by atoms with van der Waals surface area (Å²) >= 11 is 0. The third-order valence-corrected chi connectivity index (χ3v) is 12.3. The van der Waals surface area contributed by atoms with Gasteiger partial charge in [-0.3, -0.25) is 28.8 Å². The van der Waals surface area contributed by atoms with Gasteiger partial charge < -0.3 is 25.0 Å². The van der Waals surface area contributed by atoms with Crippen LogP contribution in [-0.4, -0.2) is 111 Å². The molecule has 0 bridgehead atoms. The number of rotatable bonds is 17. The molecule has 1 saturated carbocycles. The van der Waals surface area contributed by atoms with Crippen molar-refractivity contribution in [3.05, 3.63) is 36.4 Å². The Bertz CT molecular complexity index is 1350. The standard InChI is InChI=1S/C20H37NO4.C12H24N2O2.C9H15NO2.C6H6.C2H6/c1-8-13(2)14(3)18(24-6)12-19(23)21-11-9-10-17(21)20(25-7)15(4)16(5)22;1-7(2)10(9(5)15)14-12(16)11(13-6)8(3)4;1-9(4-5-9)8(11)10-6-2-3-7-12-10;1-2-4-6-5-3-1;1-2/h13-15,17-18,20H,8-12H2,1-7H3;7-8,10-11,13H,1-6H3,(H,14,16);2-7H2,1H3;1-6H;1-2H3/t13?,14-,15?,17?,18?,20?;10-,11?;;;/m00.../s1. The Kier molecular flexibility index (Phi) is 29.2. The van der Waals surface area contributed by atoms with Gasteiger partial charge in [-0.2, -0.15) is 0 Å². The molecule has 61 heavy (non-hydrogen) atoms. The van der Waals surface area contributed by atoms with Crippen molar-refractivity contribution in [3.8, 4) is 0 Å². The van der Waals surface area contributed by atoms with Gasteiger partial charge in [-0.1, -0.05) is 119 Å². The molecule has 4 rings (SSSR count). The van der Waals surface area contributed by atoms with Crippen LogP contribution in [0.15, 0.2) is 36.4 Å². The van der Waals surface area contributed by atoms with Gasteiger partial charge in [0, 0.05) is 38.6 Å². The molecule has 12 nitrogen and oxygen atoms in total. The summed E-state index contributed by atoms with van der Waals surface area (Å²) in [5.74, 6) is 1.26. The number of hydrogen-bond acceptors (Lipinski definition) is 9. The summed E-state index contributed by atoms with van der Waals surface area (Å²) in [6, 6.07) is 11.3. The highest BCUT2D eigenvalue weighted by atomic mass is 16.7. The lowest BCUT2D eigenvalue weighted by Crippen LogP contribution is -2.52. The van der Waals surface area contributed by atoms with Crippen molar-refractivity contribution in [2.45, 2.75) is 172 Å². The van der Waals surface area contributed by atoms with Crippen molar-refractivity contribution < 1.29 is 38.3 Å². The molecule has 2 heterocycles. The predicted molar refractivity (Wildman–Crippen MR) is 247 cm³/mol. The number of likely N-dealkylation sites (N-methyl/N-ethyl adjacent to an activating group) is 1. The highest BCUT2D eigenvalue weighted by Crippen LogP contribution is 2.46. The number of amides is 3. The van der Waals surface area contributed by atoms with Gasteiger partial charge in [-0.05, 0) is 83.1 Å². The van der Waals surface area contributed by atoms with Crippen LogP contribution < -0.4 is 10.6 Å². The molecule has 352 valence electrons. The van der Waals surface area contributed by atoms with Crippen LogP contribution in [0.1, 0.15) is 141 Å². The summed E-state index contributed by atoms with van der Waals surface area (Å²) in [5, 5.41) is 7.32. The quantitative estimate of drug-likeness (QED) is 0.158. The van der Waals surface area contributed by atoms with Gasteiger partial charge in [0.1, 0.15) is 5.78 Å². The summed E-state index contributed by atoms with van der Waals surface area (Å²) in [5.41, 5.74) is -0.0721. The number of nitrogens with zero attached hydrogens (tertiary/aromatic N) is 2. The van der Waals surface area contributed by atoms with Gasteiger partial charge in [-0.25, -0.2) is 5.06 Å². The van der Waals surface area contributed by atoms with E-state index in [0.29, 0.717) is 24.9 Å². The molecular weight excluding hydrogens is 773 g/mol. The Morgan fingerprint density at radius 2 is 1.33 bits per heavy atom.